The Morgan fingerprint density at radius 3 is 2.20 bits per heavy atom. The second kappa shape index (κ2) is 10.4. The summed E-state index contributed by atoms with van der Waals surface area (Å²) in [5, 5.41) is 0. The van der Waals surface area contributed by atoms with Gasteiger partial charge in [0.15, 0.2) is 11.6 Å². The van der Waals surface area contributed by atoms with Gasteiger partial charge < -0.3 is 4.74 Å². The minimum absolute atomic E-state index is 0.00632. The lowest BCUT2D eigenvalue weighted by Gasteiger charge is -2.24. The molecule has 1 fully saturated rings. The van der Waals surface area contributed by atoms with Crippen LogP contribution in [0.4, 0.5) is 8.78 Å². The summed E-state index contributed by atoms with van der Waals surface area (Å²) in [7, 11) is 0. The van der Waals surface area contributed by atoms with E-state index in [0.29, 0.717) is 24.5 Å². The highest BCUT2D eigenvalue weighted by atomic mass is 19.2. The molecular formula is C22H30F2O. The number of rotatable bonds is 8. The summed E-state index contributed by atoms with van der Waals surface area (Å²) >= 11 is 0. The molecule has 0 heterocycles. The first-order chi connectivity index (χ1) is 12.2. The van der Waals surface area contributed by atoms with Crippen molar-refractivity contribution >= 4 is 0 Å². The third kappa shape index (κ3) is 5.98. The lowest BCUT2D eigenvalue weighted by Crippen LogP contribution is -2.11. The Morgan fingerprint density at radius 2 is 1.60 bits per heavy atom. The molecule has 0 N–H and O–H groups in total. The van der Waals surface area contributed by atoms with E-state index in [4.69, 9.17) is 4.74 Å². The summed E-state index contributed by atoms with van der Waals surface area (Å²) < 4.78 is 33.0. The van der Waals surface area contributed by atoms with Crippen molar-refractivity contribution in [2.45, 2.75) is 58.8 Å². The Morgan fingerprint density at radius 1 is 0.960 bits per heavy atom. The highest BCUT2D eigenvalue weighted by Crippen LogP contribution is 2.30. The molecule has 2 rings (SSSR count). The molecule has 0 atom stereocenters. The van der Waals surface area contributed by atoms with Crippen molar-refractivity contribution < 1.29 is 13.5 Å². The molecule has 0 spiro atoms. The zero-order chi connectivity index (χ0) is 18.1. The molecule has 0 bridgehead atoms. The Hall–Kier alpha value is -1.64. The fraction of sp³-hybridized carbons (Fsp3) is 0.545. The highest BCUT2D eigenvalue weighted by Gasteiger charge is 2.17. The monoisotopic (exact) mass is 348 g/mol. The van der Waals surface area contributed by atoms with E-state index in [0.717, 1.165) is 18.8 Å². The Labute approximate surface area is 150 Å². The van der Waals surface area contributed by atoms with Gasteiger partial charge >= 0.3 is 0 Å². The average Bonchev–Trinajstić information content (AvgIpc) is 2.63. The van der Waals surface area contributed by atoms with Crippen molar-refractivity contribution in [3.05, 3.63) is 53.6 Å². The topological polar surface area (TPSA) is 9.23 Å². The van der Waals surface area contributed by atoms with E-state index in [2.05, 4.69) is 31.2 Å². The Balaban J connectivity index is 1.78. The molecule has 0 amide bonds. The summed E-state index contributed by atoms with van der Waals surface area (Å²) in [5.41, 5.74) is 0.416. The molecule has 0 saturated heterocycles. The van der Waals surface area contributed by atoms with E-state index in [9.17, 15) is 8.78 Å². The lowest BCUT2D eigenvalue weighted by atomic mass is 9.81. The van der Waals surface area contributed by atoms with E-state index in [1.54, 1.807) is 13.0 Å². The molecule has 0 aromatic heterocycles. The van der Waals surface area contributed by atoms with Gasteiger partial charge in [0.2, 0.25) is 5.82 Å². The molecular weight excluding hydrogens is 318 g/mol. The van der Waals surface area contributed by atoms with Crippen LogP contribution in [0.2, 0.25) is 0 Å². The number of ether oxygens (including phenoxy) is 1. The quantitative estimate of drug-likeness (QED) is 0.479. The second-order valence-electron chi connectivity index (χ2n) is 6.76. The minimum Gasteiger partial charge on any atom is -0.491 e. The minimum atomic E-state index is -0.873. The molecule has 25 heavy (non-hydrogen) atoms. The van der Waals surface area contributed by atoms with E-state index in [1.807, 2.05) is 0 Å². The van der Waals surface area contributed by atoms with Crippen LogP contribution in [0, 0.1) is 23.5 Å². The maximum atomic E-state index is 14.0. The zero-order valence-corrected chi connectivity index (χ0v) is 15.4. The molecule has 3 heteroatoms. The molecule has 0 radical (unpaired) electrons. The van der Waals surface area contributed by atoms with Crippen molar-refractivity contribution in [2.24, 2.45) is 11.8 Å². The van der Waals surface area contributed by atoms with Gasteiger partial charge in [-0.05, 0) is 75.3 Å². The van der Waals surface area contributed by atoms with E-state index in [1.165, 1.54) is 31.7 Å². The average molecular weight is 348 g/mol. The fourth-order valence-electron chi connectivity index (χ4n) is 3.42. The second-order valence-corrected chi connectivity index (χ2v) is 6.76. The van der Waals surface area contributed by atoms with Crippen molar-refractivity contribution in [1.82, 2.24) is 0 Å². The summed E-state index contributed by atoms with van der Waals surface area (Å²) in [6.07, 6.45) is 16.3. The van der Waals surface area contributed by atoms with Crippen LogP contribution in [-0.2, 0) is 6.42 Å². The van der Waals surface area contributed by atoms with Crippen molar-refractivity contribution in [2.75, 3.05) is 6.61 Å². The van der Waals surface area contributed by atoms with Gasteiger partial charge in [-0.2, -0.15) is 4.39 Å². The fourth-order valence-corrected chi connectivity index (χ4v) is 3.42. The van der Waals surface area contributed by atoms with Crippen LogP contribution >= 0.6 is 0 Å². The van der Waals surface area contributed by atoms with Gasteiger partial charge in [-0.15, -0.1) is 0 Å². The first kappa shape index (κ1) is 19.7. The third-order valence-electron chi connectivity index (χ3n) is 4.88. The third-order valence-corrected chi connectivity index (χ3v) is 4.88. The molecule has 138 valence electrons. The van der Waals surface area contributed by atoms with Crippen molar-refractivity contribution in [3.63, 3.8) is 0 Å². The molecule has 1 aromatic rings. The number of hydrogen-bond donors (Lipinski definition) is 0. The summed E-state index contributed by atoms with van der Waals surface area (Å²) in [5.74, 6) is -0.281. The van der Waals surface area contributed by atoms with Crippen LogP contribution in [0.3, 0.4) is 0 Å². The van der Waals surface area contributed by atoms with Gasteiger partial charge in [0, 0.05) is 0 Å². The molecule has 1 aliphatic rings. The first-order valence-electron chi connectivity index (χ1n) is 9.58. The van der Waals surface area contributed by atoms with Gasteiger partial charge in [0.05, 0.1) is 6.61 Å². The van der Waals surface area contributed by atoms with Crippen LogP contribution < -0.4 is 4.74 Å². The van der Waals surface area contributed by atoms with Gasteiger partial charge in [0.1, 0.15) is 0 Å². The molecule has 0 unspecified atom stereocenters. The van der Waals surface area contributed by atoms with Crippen LogP contribution in [0.15, 0.2) is 36.4 Å². The van der Waals surface area contributed by atoms with Crippen LogP contribution in [0.25, 0.3) is 0 Å². The molecule has 0 aliphatic heterocycles. The SMILES string of the molecule is CC/C=C/C1CCC(/C=C/CCc2ccc(OCC)c(F)c2F)CC1. The van der Waals surface area contributed by atoms with E-state index in [-0.39, 0.29) is 5.75 Å². The summed E-state index contributed by atoms with van der Waals surface area (Å²) in [6, 6.07) is 3.15. The van der Waals surface area contributed by atoms with E-state index < -0.39 is 11.6 Å². The predicted octanol–water partition coefficient (Wildman–Crippen LogP) is 6.62. The van der Waals surface area contributed by atoms with E-state index >= 15 is 0 Å². The summed E-state index contributed by atoms with van der Waals surface area (Å²) in [6.45, 7) is 4.25. The Bertz CT molecular complexity index is 584. The number of halogens is 2. The van der Waals surface area contributed by atoms with Crippen LogP contribution in [-0.4, -0.2) is 6.61 Å². The zero-order valence-electron chi connectivity index (χ0n) is 15.4. The van der Waals surface area contributed by atoms with Gasteiger partial charge in [0.25, 0.3) is 0 Å². The number of aryl methyl sites for hydroxylation is 1. The largest absolute Gasteiger partial charge is 0.491 e. The molecule has 1 aromatic carbocycles. The Kier molecular flexibility index (Phi) is 8.17. The predicted molar refractivity (Wildman–Crippen MR) is 99.9 cm³/mol. The normalized spacial score (nSPS) is 21.3. The smallest absolute Gasteiger partial charge is 0.200 e. The summed E-state index contributed by atoms with van der Waals surface area (Å²) in [4.78, 5) is 0. The number of allylic oxidation sites excluding steroid dienone is 4. The maximum Gasteiger partial charge on any atom is 0.200 e. The van der Waals surface area contributed by atoms with Gasteiger partial charge in [-0.25, -0.2) is 4.39 Å². The lowest BCUT2D eigenvalue weighted by molar-refractivity contribution is 0.313. The van der Waals surface area contributed by atoms with Crippen molar-refractivity contribution in [1.29, 1.82) is 0 Å². The van der Waals surface area contributed by atoms with Gasteiger partial charge in [-0.1, -0.05) is 37.3 Å². The number of benzene rings is 1. The standard InChI is InChI=1S/C22H30F2O/c1-3-5-8-17-11-13-18(14-12-17)9-6-7-10-19-15-16-20(25-4-2)22(24)21(19)23/h5-6,8-9,15-18H,3-4,7,10-14H2,1-2H3/b8-5+,9-6+. The van der Waals surface area contributed by atoms with Crippen molar-refractivity contribution in [3.8, 4) is 5.75 Å². The molecule has 1 saturated carbocycles. The van der Waals surface area contributed by atoms with Crippen LogP contribution in [0.5, 0.6) is 5.75 Å². The molecule has 1 aliphatic carbocycles. The first-order valence-corrected chi connectivity index (χ1v) is 9.58. The maximum absolute atomic E-state index is 14.0. The highest BCUT2D eigenvalue weighted by molar-refractivity contribution is 5.31. The number of hydrogen-bond acceptors (Lipinski definition) is 1. The van der Waals surface area contributed by atoms with Gasteiger partial charge in [-0.3, -0.25) is 0 Å². The molecule has 1 nitrogen and oxygen atoms in total. The van der Waals surface area contributed by atoms with Crippen LogP contribution in [0.1, 0.15) is 57.9 Å².